The molecule has 1 heterocycles. The zero-order chi connectivity index (χ0) is 15.6. The van der Waals surface area contributed by atoms with Gasteiger partial charge < -0.3 is 10.2 Å². The highest BCUT2D eigenvalue weighted by atomic mass is 32.2. The van der Waals surface area contributed by atoms with E-state index in [4.69, 9.17) is 0 Å². The van der Waals surface area contributed by atoms with Gasteiger partial charge in [0.1, 0.15) is 12.1 Å². The molecule has 1 saturated heterocycles. The Morgan fingerprint density at radius 2 is 1.90 bits per heavy atom. The van der Waals surface area contributed by atoms with Gasteiger partial charge in [-0.15, -0.1) is 0 Å². The SMILES string of the molecule is CC(CS(C)=O)N1C(=O)C(C2CCCCC2)NC(=O)C1C. The lowest BCUT2D eigenvalue weighted by Crippen LogP contribution is -2.66. The van der Waals surface area contributed by atoms with Crippen molar-refractivity contribution in [2.24, 2.45) is 5.92 Å². The van der Waals surface area contributed by atoms with Crippen LogP contribution in [0.2, 0.25) is 0 Å². The normalized spacial score (nSPS) is 30.9. The summed E-state index contributed by atoms with van der Waals surface area (Å²) in [6.07, 6.45) is 7.13. The molecule has 6 heteroatoms. The average Bonchev–Trinajstić information content (AvgIpc) is 2.43. The maximum Gasteiger partial charge on any atom is 0.246 e. The second-order valence-electron chi connectivity index (χ2n) is 6.39. The molecule has 21 heavy (non-hydrogen) atoms. The van der Waals surface area contributed by atoms with Gasteiger partial charge in [0.25, 0.3) is 0 Å². The minimum Gasteiger partial charge on any atom is -0.342 e. The molecular formula is C15H26N2O3S. The lowest BCUT2D eigenvalue weighted by Gasteiger charge is -2.43. The predicted molar refractivity (Wildman–Crippen MR) is 83.2 cm³/mol. The van der Waals surface area contributed by atoms with Crippen molar-refractivity contribution in [1.29, 1.82) is 0 Å². The number of amides is 2. The van der Waals surface area contributed by atoms with Gasteiger partial charge in [0.05, 0.1) is 0 Å². The van der Waals surface area contributed by atoms with Crippen LogP contribution in [0.25, 0.3) is 0 Å². The molecule has 1 aliphatic heterocycles. The van der Waals surface area contributed by atoms with E-state index in [1.165, 1.54) is 6.42 Å². The van der Waals surface area contributed by atoms with Crippen LogP contribution in [0.4, 0.5) is 0 Å². The third kappa shape index (κ3) is 3.65. The fourth-order valence-electron chi connectivity index (χ4n) is 3.62. The predicted octanol–water partition coefficient (Wildman–Crippen LogP) is 1.05. The Bertz CT molecular complexity index is 435. The molecule has 1 N–H and O–H groups in total. The topological polar surface area (TPSA) is 66.5 Å². The van der Waals surface area contributed by atoms with E-state index in [1.54, 1.807) is 18.1 Å². The Balaban J connectivity index is 2.16. The summed E-state index contributed by atoms with van der Waals surface area (Å²) in [4.78, 5) is 26.7. The molecule has 1 saturated carbocycles. The third-order valence-electron chi connectivity index (χ3n) is 4.69. The van der Waals surface area contributed by atoms with Crippen LogP contribution in [0.15, 0.2) is 0 Å². The van der Waals surface area contributed by atoms with Crippen LogP contribution in [0.1, 0.15) is 46.0 Å². The van der Waals surface area contributed by atoms with E-state index in [1.807, 2.05) is 6.92 Å². The second-order valence-corrected chi connectivity index (χ2v) is 7.87. The van der Waals surface area contributed by atoms with Crippen LogP contribution >= 0.6 is 0 Å². The molecule has 2 aliphatic rings. The Morgan fingerprint density at radius 3 is 2.48 bits per heavy atom. The highest BCUT2D eigenvalue weighted by molar-refractivity contribution is 7.84. The molecule has 1 aliphatic carbocycles. The summed E-state index contributed by atoms with van der Waals surface area (Å²) in [5.74, 6) is 0.594. The van der Waals surface area contributed by atoms with Crippen molar-refractivity contribution in [2.45, 2.75) is 64.1 Å². The first-order valence-electron chi connectivity index (χ1n) is 7.84. The summed E-state index contributed by atoms with van der Waals surface area (Å²) in [6.45, 7) is 3.63. The Hall–Kier alpha value is -0.910. The number of nitrogens with one attached hydrogen (secondary N) is 1. The molecule has 0 bridgehead atoms. The number of rotatable bonds is 4. The van der Waals surface area contributed by atoms with E-state index in [2.05, 4.69) is 5.32 Å². The van der Waals surface area contributed by atoms with Gasteiger partial charge in [-0.05, 0) is 32.6 Å². The number of piperazine rings is 1. The van der Waals surface area contributed by atoms with Gasteiger partial charge in [-0.25, -0.2) is 0 Å². The van der Waals surface area contributed by atoms with Crippen molar-refractivity contribution in [1.82, 2.24) is 10.2 Å². The van der Waals surface area contributed by atoms with Crippen LogP contribution in [-0.4, -0.2) is 51.1 Å². The monoisotopic (exact) mass is 314 g/mol. The van der Waals surface area contributed by atoms with Crippen LogP contribution in [0, 0.1) is 5.92 Å². The van der Waals surface area contributed by atoms with Crippen LogP contribution < -0.4 is 5.32 Å². The van der Waals surface area contributed by atoms with Gasteiger partial charge >= 0.3 is 0 Å². The smallest absolute Gasteiger partial charge is 0.246 e. The summed E-state index contributed by atoms with van der Waals surface area (Å²) < 4.78 is 11.4. The minimum absolute atomic E-state index is 0.00644. The Labute approximate surface area is 129 Å². The quantitative estimate of drug-likeness (QED) is 0.843. The zero-order valence-electron chi connectivity index (χ0n) is 13.1. The van der Waals surface area contributed by atoms with E-state index in [0.717, 1.165) is 25.7 Å². The molecule has 120 valence electrons. The molecule has 2 rings (SSSR count). The first-order valence-corrected chi connectivity index (χ1v) is 9.57. The summed E-state index contributed by atoms with van der Waals surface area (Å²) in [5, 5.41) is 2.92. The van der Waals surface area contributed by atoms with Crippen molar-refractivity contribution >= 4 is 22.6 Å². The standard InChI is InChI=1S/C15H26N2O3S/c1-10(9-21(3)20)17-11(2)14(18)16-13(15(17)19)12-7-5-4-6-8-12/h10-13H,4-9H2,1-3H3,(H,16,18). The van der Waals surface area contributed by atoms with Gasteiger partial charge in [-0.3, -0.25) is 13.8 Å². The van der Waals surface area contributed by atoms with Crippen molar-refractivity contribution in [3.63, 3.8) is 0 Å². The molecule has 2 fully saturated rings. The molecule has 2 amide bonds. The second kappa shape index (κ2) is 6.90. The number of carbonyl (C=O) groups is 2. The van der Waals surface area contributed by atoms with E-state index >= 15 is 0 Å². The molecule has 4 atom stereocenters. The maximum absolute atomic E-state index is 12.8. The number of hydrogen-bond donors (Lipinski definition) is 1. The molecule has 5 nitrogen and oxygen atoms in total. The van der Waals surface area contributed by atoms with Gasteiger partial charge in [0, 0.05) is 28.9 Å². The van der Waals surface area contributed by atoms with Crippen LogP contribution in [-0.2, 0) is 20.4 Å². The largest absolute Gasteiger partial charge is 0.342 e. The summed E-state index contributed by atoms with van der Waals surface area (Å²) >= 11 is 0. The average molecular weight is 314 g/mol. The van der Waals surface area contributed by atoms with E-state index < -0.39 is 16.8 Å². The zero-order valence-corrected chi connectivity index (χ0v) is 13.9. The fraction of sp³-hybridized carbons (Fsp3) is 0.867. The van der Waals surface area contributed by atoms with Gasteiger partial charge in [0.15, 0.2) is 0 Å². The highest BCUT2D eigenvalue weighted by Gasteiger charge is 2.43. The molecule has 4 unspecified atom stereocenters. The number of nitrogens with zero attached hydrogens (tertiary/aromatic N) is 1. The minimum atomic E-state index is -0.980. The molecule has 0 aromatic heterocycles. The lowest BCUT2D eigenvalue weighted by atomic mass is 9.82. The van der Waals surface area contributed by atoms with Crippen LogP contribution in [0.3, 0.4) is 0 Å². The highest BCUT2D eigenvalue weighted by Crippen LogP contribution is 2.29. The molecule has 0 spiro atoms. The van der Waals surface area contributed by atoms with Gasteiger partial charge in [0.2, 0.25) is 11.8 Å². The maximum atomic E-state index is 12.8. The van der Waals surface area contributed by atoms with E-state index in [-0.39, 0.29) is 29.8 Å². The van der Waals surface area contributed by atoms with Crippen molar-refractivity contribution < 1.29 is 13.8 Å². The summed E-state index contributed by atoms with van der Waals surface area (Å²) in [7, 11) is -0.980. The first-order chi connectivity index (χ1) is 9.91. The Kier molecular flexibility index (Phi) is 5.41. The van der Waals surface area contributed by atoms with E-state index in [0.29, 0.717) is 5.75 Å². The molecule has 0 aromatic carbocycles. The summed E-state index contributed by atoms with van der Waals surface area (Å²) in [5.41, 5.74) is 0. The first kappa shape index (κ1) is 16.5. The molecule has 0 radical (unpaired) electrons. The summed E-state index contributed by atoms with van der Waals surface area (Å²) in [6, 6.07) is -1.03. The number of carbonyl (C=O) groups excluding carboxylic acids is 2. The third-order valence-corrected chi connectivity index (χ3v) is 5.64. The van der Waals surface area contributed by atoms with Gasteiger partial charge in [-0.2, -0.15) is 0 Å². The van der Waals surface area contributed by atoms with Gasteiger partial charge in [-0.1, -0.05) is 19.3 Å². The number of hydrogen-bond acceptors (Lipinski definition) is 3. The van der Waals surface area contributed by atoms with E-state index in [9.17, 15) is 13.8 Å². The van der Waals surface area contributed by atoms with Crippen molar-refractivity contribution in [3.8, 4) is 0 Å². The van der Waals surface area contributed by atoms with Crippen molar-refractivity contribution in [3.05, 3.63) is 0 Å². The van der Waals surface area contributed by atoms with Crippen molar-refractivity contribution in [2.75, 3.05) is 12.0 Å². The fourth-order valence-corrected chi connectivity index (χ4v) is 4.46. The van der Waals surface area contributed by atoms with Crippen LogP contribution in [0.5, 0.6) is 0 Å². The lowest BCUT2D eigenvalue weighted by molar-refractivity contribution is -0.152. The molecular weight excluding hydrogens is 288 g/mol. The molecule has 0 aromatic rings. The Morgan fingerprint density at radius 1 is 1.29 bits per heavy atom.